The second-order valence-electron chi connectivity index (χ2n) is 7.05. The van der Waals surface area contributed by atoms with E-state index in [4.69, 9.17) is 0 Å². The van der Waals surface area contributed by atoms with Crippen molar-refractivity contribution in [3.63, 3.8) is 0 Å². The number of carbonyl (C=O) groups is 2. The Kier molecular flexibility index (Phi) is 5.33. The minimum atomic E-state index is -0.656. The molecule has 0 saturated heterocycles. The van der Waals surface area contributed by atoms with E-state index in [9.17, 15) is 24.9 Å². The molecule has 1 aliphatic carbocycles. The quantitative estimate of drug-likeness (QED) is 0.317. The number of aromatic hydroxyl groups is 3. The molecule has 30 heavy (non-hydrogen) atoms. The summed E-state index contributed by atoms with van der Waals surface area (Å²) in [5.74, 6) is -2.51. The molecule has 0 atom stereocenters. The fourth-order valence-electron chi connectivity index (χ4n) is 3.53. The second-order valence-corrected chi connectivity index (χ2v) is 8.16. The summed E-state index contributed by atoms with van der Waals surface area (Å²) in [5.41, 5.74) is 1.93. The molecular weight excluding hydrogens is 404 g/mol. The highest BCUT2D eigenvalue weighted by atomic mass is 32.1. The third-order valence-corrected chi connectivity index (χ3v) is 6.20. The molecule has 154 valence electrons. The van der Waals surface area contributed by atoms with Gasteiger partial charge in [0.15, 0.2) is 17.2 Å². The van der Waals surface area contributed by atoms with Crippen molar-refractivity contribution in [2.24, 2.45) is 0 Å². The number of benzene rings is 2. The zero-order valence-electron chi connectivity index (χ0n) is 15.9. The first-order valence-electron chi connectivity index (χ1n) is 9.51. The maximum atomic E-state index is 13.1. The van der Waals surface area contributed by atoms with Crippen LogP contribution in [0.2, 0.25) is 0 Å². The van der Waals surface area contributed by atoms with E-state index in [2.05, 4.69) is 10.6 Å². The van der Waals surface area contributed by atoms with Crippen molar-refractivity contribution < 1.29 is 24.9 Å². The lowest BCUT2D eigenvalue weighted by molar-refractivity contribution is 0.102. The highest BCUT2D eigenvalue weighted by Gasteiger charge is 2.27. The van der Waals surface area contributed by atoms with E-state index in [0.29, 0.717) is 16.1 Å². The largest absolute Gasteiger partial charge is 0.504 e. The Morgan fingerprint density at radius 3 is 2.23 bits per heavy atom. The topological polar surface area (TPSA) is 119 Å². The number of carbonyl (C=O) groups excluding carboxylic acids is 2. The molecule has 4 rings (SSSR count). The molecule has 2 amide bonds. The predicted octanol–water partition coefficient (Wildman–Crippen LogP) is 4.25. The van der Waals surface area contributed by atoms with Crippen molar-refractivity contribution in [3.8, 4) is 17.2 Å². The van der Waals surface area contributed by atoms with Crippen molar-refractivity contribution in [3.05, 3.63) is 64.0 Å². The van der Waals surface area contributed by atoms with Gasteiger partial charge in [0.05, 0.1) is 5.56 Å². The van der Waals surface area contributed by atoms with Crippen LogP contribution in [-0.4, -0.2) is 27.1 Å². The van der Waals surface area contributed by atoms with Gasteiger partial charge in [-0.1, -0.05) is 18.2 Å². The summed E-state index contributed by atoms with van der Waals surface area (Å²) >= 11 is 1.40. The fourth-order valence-corrected chi connectivity index (χ4v) is 4.81. The normalized spacial score (nSPS) is 12.8. The summed E-state index contributed by atoms with van der Waals surface area (Å²) in [6, 6.07) is 11.1. The first kappa shape index (κ1) is 19.8. The minimum absolute atomic E-state index is 0.129. The molecule has 2 aromatic carbocycles. The van der Waals surface area contributed by atoms with Crippen molar-refractivity contribution in [2.75, 3.05) is 10.6 Å². The van der Waals surface area contributed by atoms with Gasteiger partial charge in [0.1, 0.15) is 5.00 Å². The van der Waals surface area contributed by atoms with E-state index in [-0.39, 0.29) is 11.6 Å². The van der Waals surface area contributed by atoms with Gasteiger partial charge in [-0.2, -0.15) is 0 Å². The number of anilines is 2. The molecular formula is C22H20N2O5S. The SMILES string of the molecule is O=C(Nc1sc2c(c1C(=O)Nc1cc(O)c(O)c(O)c1)CCCC2)c1ccccc1. The molecule has 7 nitrogen and oxygen atoms in total. The molecule has 8 heteroatoms. The van der Waals surface area contributed by atoms with Gasteiger partial charge in [-0.25, -0.2) is 0 Å². The number of thiophene rings is 1. The monoisotopic (exact) mass is 424 g/mol. The summed E-state index contributed by atoms with van der Waals surface area (Å²) in [6.45, 7) is 0. The zero-order valence-corrected chi connectivity index (χ0v) is 16.8. The lowest BCUT2D eigenvalue weighted by atomic mass is 9.95. The number of rotatable bonds is 4. The highest BCUT2D eigenvalue weighted by Crippen LogP contribution is 2.40. The number of hydrogen-bond acceptors (Lipinski definition) is 6. The number of fused-ring (bicyclic) bond motifs is 1. The maximum Gasteiger partial charge on any atom is 0.258 e. The second kappa shape index (κ2) is 8.08. The van der Waals surface area contributed by atoms with Crippen molar-refractivity contribution in [1.82, 2.24) is 0 Å². The molecule has 0 fully saturated rings. The minimum Gasteiger partial charge on any atom is -0.504 e. The maximum absolute atomic E-state index is 13.1. The average Bonchev–Trinajstić information content (AvgIpc) is 3.10. The van der Waals surface area contributed by atoms with Crippen LogP contribution >= 0.6 is 11.3 Å². The predicted molar refractivity (Wildman–Crippen MR) is 115 cm³/mol. The van der Waals surface area contributed by atoms with Gasteiger partial charge >= 0.3 is 0 Å². The van der Waals surface area contributed by atoms with Gasteiger partial charge in [-0.3, -0.25) is 9.59 Å². The van der Waals surface area contributed by atoms with E-state index in [0.717, 1.165) is 48.3 Å². The van der Waals surface area contributed by atoms with Gasteiger partial charge < -0.3 is 26.0 Å². The molecule has 0 spiro atoms. The molecule has 3 aromatic rings. The molecule has 0 bridgehead atoms. The number of aryl methyl sites for hydroxylation is 1. The van der Waals surface area contributed by atoms with Gasteiger partial charge in [-0.15, -0.1) is 11.3 Å². The van der Waals surface area contributed by atoms with Gasteiger partial charge in [-0.05, 0) is 43.4 Å². The van der Waals surface area contributed by atoms with E-state index in [1.54, 1.807) is 24.3 Å². The Labute approximate surface area is 176 Å². The summed E-state index contributed by atoms with van der Waals surface area (Å²) < 4.78 is 0. The fraction of sp³-hybridized carbons (Fsp3) is 0.182. The Bertz CT molecular complexity index is 1100. The van der Waals surface area contributed by atoms with Crippen molar-refractivity contribution >= 4 is 33.8 Å². The summed E-state index contributed by atoms with van der Waals surface area (Å²) in [5, 5.41) is 34.9. The Hall–Kier alpha value is -3.52. The Morgan fingerprint density at radius 2 is 1.53 bits per heavy atom. The van der Waals surface area contributed by atoms with Crippen LogP contribution in [-0.2, 0) is 12.8 Å². The van der Waals surface area contributed by atoms with Crippen LogP contribution in [0.5, 0.6) is 17.2 Å². The Morgan fingerprint density at radius 1 is 0.867 bits per heavy atom. The summed E-state index contributed by atoms with van der Waals surface area (Å²) in [6.07, 6.45) is 3.57. The standard InChI is InChI=1S/C22H20N2O5S/c25-15-10-13(11-16(26)19(15)27)23-21(29)18-14-8-4-5-9-17(14)30-22(18)24-20(28)12-6-2-1-3-7-12/h1-3,6-7,10-11,25-27H,4-5,8-9H2,(H,23,29)(H,24,28). The van der Waals surface area contributed by atoms with Crippen molar-refractivity contribution in [1.29, 1.82) is 0 Å². The van der Waals surface area contributed by atoms with Crippen LogP contribution in [0.1, 0.15) is 44.0 Å². The van der Waals surface area contributed by atoms with Crippen LogP contribution in [0.15, 0.2) is 42.5 Å². The molecule has 0 radical (unpaired) electrons. The number of phenols is 3. The van der Waals surface area contributed by atoms with E-state index < -0.39 is 23.2 Å². The van der Waals surface area contributed by atoms with Crippen LogP contribution in [0.25, 0.3) is 0 Å². The summed E-state index contributed by atoms with van der Waals surface area (Å²) in [4.78, 5) is 26.8. The summed E-state index contributed by atoms with van der Waals surface area (Å²) in [7, 11) is 0. The smallest absolute Gasteiger partial charge is 0.258 e. The van der Waals surface area contributed by atoms with E-state index >= 15 is 0 Å². The highest BCUT2D eigenvalue weighted by molar-refractivity contribution is 7.17. The number of hydrogen-bond donors (Lipinski definition) is 5. The zero-order chi connectivity index (χ0) is 21.3. The molecule has 0 aliphatic heterocycles. The average molecular weight is 424 g/mol. The van der Waals surface area contributed by atoms with Crippen LogP contribution in [0.4, 0.5) is 10.7 Å². The van der Waals surface area contributed by atoms with Crippen LogP contribution in [0, 0.1) is 0 Å². The third-order valence-electron chi connectivity index (χ3n) is 4.99. The number of phenolic OH excluding ortho intramolecular Hbond substituents is 3. The van der Waals surface area contributed by atoms with Crippen LogP contribution in [0.3, 0.4) is 0 Å². The molecule has 1 aliphatic rings. The first-order valence-corrected chi connectivity index (χ1v) is 10.3. The number of amides is 2. The van der Waals surface area contributed by atoms with Crippen molar-refractivity contribution in [2.45, 2.75) is 25.7 Å². The molecule has 1 heterocycles. The molecule has 0 unspecified atom stereocenters. The van der Waals surface area contributed by atoms with Gasteiger partial charge in [0.2, 0.25) is 0 Å². The lowest BCUT2D eigenvalue weighted by Crippen LogP contribution is -2.18. The molecule has 5 N–H and O–H groups in total. The van der Waals surface area contributed by atoms with Crippen LogP contribution < -0.4 is 10.6 Å². The third kappa shape index (κ3) is 3.81. The van der Waals surface area contributed by atoms with E-state index in [1.165, 1.54) is 11.3 Å². The molecule has 1 aromatic heterocycles. The lowest BCUT2D eigenvalue weighted by Gasteiger charge is -2.14. The Balaban J connectivity index is 1.67. The van der Waals surface area contributed by atoms with Gasteiger partial charge in [0.25, 0.3) is 11.8 Å². The first-order chi connectivity index (χ1) is 14.4. The van der Waals surface area contributed by atoms with E-state index in [1.807, 2.05) is 6.07 Å². The number of nitrogens with one attached hydrogen (secondary N) is 2. The molecule has 0 saturated carbocycles. The van der Waals surface area contributed by atoms with Gasteiger partial charge in [0, 0.05) is 28.3 Å².